The van der Waals surface area contributed by atoms with E-state index in [2.05, 4.69) is 45.2 Å². The van der Waals surface area contributed by atoms with Crippen LogP contribution < -0.4 is 16.0 Å². The number of anilines is 1. The van der Waals surface area contributed by atoms with Crippen LogP contribution in [0, 0.1) is 5.92 Å². The highest BCUT2D eigenvalue weighted by Crippen LogP contribution is 2.13. The summed E-state index contributed by atoms with van der Waals surface area (Å²) in [6.45, 7) is 5.40. The molecule has 0 spiro atoms. The van der Waals surface area contributed by atoms with Gasteiger partial charge in [-0.2, -0.15) is 0 Å². The second-order valence-corrected chi connectivity index (χ2v) is 6.59. The number of nitrogens with zero attached hydrogens (tertiary/aromatic N) is 1. The summed E-state index contributed by atoms with van der Waals surface area (Å²) in [5, 5.41) is 9.61. The molecule has 1 atom stereocenters. The Labute approximate surface area is 185 Å². The van der Waals surface area contributed by atoms with Gasteiger partial charge in [-0.1, -0.05) is 56.3 Å². The van der Waals surface area contributed by atoms with Gasteiger partial charge < -0.3 is 16.0 Å². The maximum atomic E-state index is 12.0. The topological polar surface area (TPSA) is 65.5 Å². The van der Waals surface area contributed by atoms with Crippen LogP contribution in [0.2, 0.25) is 0 Å². The summed E-state index contributed by atoms with van der Waals surface area (Å²) >= 11 is 0. The van der Waals surface area contributed by atoms with Crippen LogP contribution in [-0.2, 0) is 17.8 Å². The van der Waals surface area contributed by atoms with Crippen molar-refractivity contribution in [2.75, 3.05) is 18.9 Å². The van der Waals surface area contributed by atoms with Crippen molar-refractivity contribution in [2.24, 2.45) is 10.9 Å². The van der Waals surface area contributed by atoms with Crippen molar-refractivity contribution in [3.63, 3.8) is 0 Å². The van der Waals surface area contributed by atoms with E-state index in [-0.39, 0.29) is 35.8 Å². The second kappa shape index (κ2) is 13.1. The van der Waals surface area contributed by atoms with Gasteiger partial charge in [-0.25, -0.2) is 0 Å². The van der Waals surface area contributed by atoms with Gasteiger partial charge in [0.1, 0.15) is 0 Å². The lowest BCUT2D eigenvalue weighted by Crippen LogP contribution is -2.37. The van der Waals surface area contributed by atoms with E-state index in [0.717, 1.165) is 36.6 Å². The molecule has 0 heterocycles. The van der Waals surface area contributed by atoms with Gasteiger partial charge in [0.25, 0.3) is 0 Å². The number of hydrogen-bond acceptors (Lipinski definition) is 2. The molecule has 0 radical (unpaired) electrons. The number of carbonyl (C=O) groups is 1. The standard InChI is InChI=1S/C22H30N4O.HI/c1-4-17(2)21(27)26-20-12-8-11-19(15-20)16-25-22(23-3)24-14-13-18-9-6-5-7-10-18;/h5-12,15,17H,4,13-14,16H2,1-3H3,(H,26,27)(H2,23,24,25);1H. The van der Waals surface area contributed by atoms with Crippen LogP contribution in [0.1, 0.15) is 31.4 Å². The Balaban J connectivity index is 0.00000392. The van der Waals surface area contributed by atoms with Crippen molar-refractivity contribution in [2.45, 2.75) is 33.2 Å². The molecule has 6 heteroatoms. The fraction of sp³-hybridized carbons (Fsp3) is 0.364. The zero-order chi connectivity index (χ0) is 19.5. The number of halogens is 1. The second-order valence-electron chi connectivity index (χ2n) is 6.59. The molecule has 2 aromatic carbocycles. The largest absolute Gasteiger partial charge is 0.356 e. The minimum absolute atomic E-state index is 0. The zero-order valence-electron chi connectivity index (χ0n) is 16.9. The van der Waals surface area contributed by atoms with E-state index < -0.39 is 0 Å². The molecule has 0 saturated heterocycles. The predicted molar refractivity (Wildman–Crippen MR) is 128 cm³/mol. The SMILES string of the molecule is CCC(C)C(=O)Nc1cccc(CNC(=NC)NCCc2ccccc2)c1.I. The first-order chi connectivity index (χ1) is 13.1. The van der Waals surface area contributed by atoms with Crippen molar-refractivity contribution in [1.82, 2.24) is 10.6 Å². The summed E-state index contributed by atoms with van der Waals surface area (Å²) in [7, 11) is 1.76. The lowest BCUT2D eigenvalue weighted by molar-refractivity contribution is -0.119. The molecule has 3 N–H and O–H groups in total. The molecular formula is C22H31IN4O. The Hall–Kier alpha value is -2.09. The van der Waals surface area contributed by atoms with Gasteiger partial charge in [0, 0.05) is 31.7 Å². The van der Waals surface area contributed by atoms with E-state index >= 15 is 0 Å². The van der Waals surface area contributed by atoms with Gasteiger partial charge in [-0.15, -0.1) is 24.0 Å². The van der Waals surface area contributed by atoms with Gasteiger partial charge in [-0.3, -0.25) is 9.79 Å². The first-order valence-electron chi connectivity index (χ1n) is 9.50. The lowest BCUT2D eigenvalue weighted by atomic mass is 10.1. The minimum atomic E-state index is 0. The van der Waals surface area contributed by atoms with Crippen LogP contribution in [-0.4, -0.2) is 25.5 Å². The van der Waals surface area contributed by atoms with E-state index in [0.29, 0.717) is 6.54 Å². The highest BCUT2D eigenvalue weighted by Gasteiger charge is 2.10. The molecule has 28 heavy (non-hydrogen) atoms. The third-order valence-corrected chi connectivity index (χ3v) is 4.49. The fourth-order valence-electron chi connectivity index (χ4n) is 2.59. The molecule has 0 fully saturated rings. The minimum Gasteiger partial charge on any atom is -0.356 e. The summed E-state index contributed by atoms with van der Waals surface area (Å²) in [6, 6.07) is 18.3. The summed E-state index contributed by atoms with van der Waals surface area (Å²) in [6.07, 6.45) is 1.77. The Morgan fingerprint density at radius 2 is 1.75 bits per heavy atom. The number of rotatable bonds is 8. The number of aliphatic imine (C=N–C) groups is 1. The Bertz CT molecular complexity index is 749. The van der Waals surface area contributed by atoms with Gasteiger partial charge in [0.05, 0.1) is 0 Å². The first kappa shape index (κ1) is 23.9. The molecule has 0 saturated carbocycles. The van der Waals surface area contributed by atoms with E-state index in [1.807, 2.05) is 44.2 Å². The highest BCUT2D eigenvalue weighted by atomic mass is 127. The van der Waals surface area contributed by atoms with Crippen molar-refractivity contribution < 1.29 is 4.79 Å². The number of guanidine groups is 1. The molecule has 2 aromatic rings. The Morgan fingerprint density at radius 1 is 1.04 bits per heavy atom. The van der Waals surface area contributed by atoms with Crippen molar-refractivity contribution in [3.8, 4) is 0 Å². The summed E-state index contributed by atoms with van der Waals surface area (Å²) in [4.78, 5) is 16.3. The van der Waals surface area contributed by atoms with E-state index in [1.54, 1.807) is 7.05 Å². The molecule has 1 amide bonds. The van der Waals surface area contributed by atoms with Crippen LogP contribution in [0.3, 0.4) is 0 Å². The molecule has 1 unspecified atom stereocenters. The monoisotopic (exact) mass is 494 g/mol. The number of nitrogens with one attached hydrogen (secondary N) is 3. The maximum absolute atomic E-state index is 12.0. The van der Waals surface area contributed by atoms with Gasteiger partial charge in [-0.05, 0) is 36.1 Å². The number of carbonyl (C=O) groups excluding carboxylic acids is 1. The first-order valence-corrected chi connectivity index (χ1v) is 9.50. The summed E-state index contributed by atoms with van der Waals surface area (Å²) in [5.74, 6) is 0.834. The van der Waals surface area contributed by atoms with Gasteiger partial charge >= 0.3 is 0 Å². The normalized spacial score (nSPS) is 11.9. The van der Waals surface area contributed by atoms with Crippen LogP contribution in [0.5, 0.6) is 0 Å². The lowest BCUT2D eigenvalue weighted by Gasteiger charge is -2.13. The van der Waals surface area contributed by atoms with Crippen molar-refractivity contribution in [3.05, 3.63) is 65.7 Å². The molecule has 152 valence electrons. The fourth-order valence-corrected chi connectivity index (χ4v) is 2.59. The third-order valence-electron chi connectivity index (χ3n) is 4.49. The molecule has 5 nitrogen and oxygen atoms in total. The summed E-state index contributed by atoms with van der Waals surface area (Å²) < 4.78 is 0. The van der Waals surface area contributed by atoms with E-state index in [4.69, 9.17) is 0 Å². The predicted octanol–water partition coefficient (Wildman–Crippen LogP) is 4.20. The average Bonchev–Trinajstić information content (AvgIpc) is 2.71. The van der Waals surface area contributed by atoms with Crippen LogP contribution in [0.25, 0.3) is 0 Å². The van der Waals surface area contributed by atoms with Crippen LogP contribution in [0.15, 0.2) is 59.6 Å². The van der Waals surface area contributed by atoms with Gasteiger partial charge in [0.2, 0.25) is 5.91 Å². The van der Waals surface area contributed by atoms with Gasteiger partial charge in [0.15, 0.2) is 5.96 Å². The molecule has 0 aliphatic heterocycles. The molecular weight excluding hydrogens is 463 g/mol. The quantitative estimate of drug-likeness (QED) is 0.293. The smallest absolute Gasteiger partial charge is 0.227 e. The average molecular weight is 494 g/mol. The molecule has 2 rings (SSSR count). The van der Waals surface area contributed by atoms with E-state index in [9.17, 15) is 4.79 Å². The van der Waals surface area contributed by atoms with Crippen molar-refractivity contribution in [1.29, 1.82) is 0 Å². The Morgan fingerprint density at radius 3 is 2.43 bits per heavy atom. The third kappa shape index (κ3) is 8.29. The number of amides is 1. The number of benzene rings is 2. The molecule has 0 aliphatic rings. The van der Waals surface area contributed by atoms with Crippen LogP contribution in [0.4, 0.5) is 5.69 Å². The molecule has 0 bridgehead atoms. The zero-order valence-corrected chi connectivity index (χ0v) is 19.2. The Kier molecular flexibility index (Phi) is 11.2. The van der Waals surface area contributed by atoms with Crippen molar-refractivity contribution >= 4 is 41.5 Å². The highest BCUT2D eigenvalue weighted by molar-refractivity contribution is 14.0. The maximum Gasteiger partial charge on any atom is 0.227 e. The molecule has 0 aromatic heterocycles. The number of hydrogen-bond donors (Lipinski definition) is 3. The summed E-state index contributed by atoms with van der Waals surface area (Å²) in [5.41, 5.74) is 3.21. The van der Waals surface area contributed by atoms with E-state index in [1.165, 1.54) is 5.56 Å². The van der Waals surface area contributed by atoms with Crippen LogP contribution >= 0.6 is 24.0 Å². The molecule has 0 aliphatic carbocycles.